The third-order valence-electron chi connectivity index (χ3n) is 2.07. The fourth-order valence-corrected chi connectivity index (χ4v) is 1.43. The standard InChI is InChI=1S/C10H18O/c1-9(2)5-3-6-10-7-4-8-11-10/h5,10H,3-4,6-8H2,1-2H3. The van der Waals surface area contributed by atoms with Crippen molar-refractivity contribution in [2.75, 3.05) is 6.61 Å². The molecule has 1 saturated heterocycles. The van der Waals surface area contributed by atoms with Crippen LogP contribution in [0.3, 0.4) is 0 Å². The van der Waals surface area contributed by atoms with Crippen LogP contribution in [-0.4, -0.2) is 12.7 Å². The molecular weight excluding hydrogens is 136 g/mol. The molecule has 1 rings (SSSR count). The van der Waals surface area contributed by atoms with E-state index in [2.05, 4.69) is 19.9 Å². The van der Waals surface area contributed by atoms with Crippen LogP contribution >= 0.6 is 0 Å². The topological polar surface area (TPSA) is 9.23 Å². The van der Waals surface area contributed by atoms with Crippen molar-refractivity contribution in [2.24, 2.45) is 0 Å². The summed E-state index contributed by atoms with van der Waals surface area (Å²) in [5.41, 5.74) is 1.42. The van der Waals surface area contributed by atoms with Crippen LogP contribution in [0.25, 0.3) is 0 Å². The van der Waals surface area contributed by atoms with Crippen LogP contribution in [0.15, 0.2) is 11.6 Å². The zero-order valence-corrected chi connectivity index (χ0v) is 7.60. The van der Waals surface area contributed by atoms with Crippen LogP contribution in [-0.2, 0) is 4.74 Å². The lowest BCUT2D eigenvalue weighted by Gasteiger charge is -2.05. The summed E-state index contributed by atoms with van der Waals surface area (Å²) in [7, 11) is 0. The molecule has 1 heteroatoms. The van der Waals surface area contributed by atoms with E-state index in [-0.39, 0.29) is 0 Å². The average molecular weight is 154 g/mol. The zero-order chi connectivity index (χ0) is 8.10. The predicted octanol–water partition coefficient (Wildman–Crippen LogP) is 2.91. The first-order chi connectivity index (χ1) is 5.29. The third kappa shape index (κ3) is 3.57. The molecule has 1 unspecified atom stereocenters. The molecule has 11 heavy (non-hydrogen) atoms. The summed E-state index contributed by atoms with van der Waals surface area (Å²) in [6.45, 7) is 5.28. The lowest BCUT2D eigenvalue weighted by Crippen LogP contribution is -2.03. The van der Waals surface area contributed by atoms with E-state index in [1.54, 1.807) is 0 Å². The van der Waals surface area contributed by atoms with Crippen LogP contribution in [0.2, 0.25) is 0 Å². The molecule has 1 atom stereocenters. The van der Waals surface area contributed by atoms with Crippen molar-refractivity contribution in [2.45, 2.75) is 45.6 Å². The van der Waals surface area contributed by atoms with Gasteiger partial charge in [0, 0.05) is 6.61 Å². The van der Waals surface area contributed by atoms with Gasteiger partial charge in [0.2, 0.25) is 0 Å². The summed E-state index contributed by atoms with van der Waals surface area (Å²) < 4.78 is 5.51. The van der Waals surface area contributed by atoms with Crippen LogP contribution in [0.4, 0.5) is 0 Å². The van der Waals surface area contributed by atoms with E-state index in [1.165, 1.54) is 31.3 Å². The van der Waals surface area contributed by atoms with E-state index in [1.807, 2.05) is 0 Å². The Morgan fingerprint density at radius 3 is 2.91 bits per heavy atom. The third-order valence-corrected chi connectivity index (χ3v) is 2.07. The highest BCUT2D eigenvalue weighted by molar-refractivity contribution is 4.93. The summed E-state index contributed by atoms with van der Waals surface area (Å²) in [5.74, 6) is 0. The van der Waals surface area contributed by atoms with Crippen LogP contribution in [0, 0.1) is 0 Å². The Morgan fingerprint density at radius 2 is 2.36 bits per heavy atom. The quantitative estimate of drug-likeness (QED) is 0.568. The lowest BCUT2D eigenvalue weighted by atomic mass is 10.1. The summed E-state index contributed by atoms with van der Waals surface area (Å²) in [6, 6.07) is 0. The maximum absolute atomic E-state index is 5.51. The molecule has 1 nitrogen and oxygen atoms in total. The molecule has 0 bridgehead atoms. The van der Waals surface area contributed by atoms with E-state index in [0.717, 1.165) is 6.61 Å². The smallest absolute Gasteiger partial charge is 0.0579 e. The maximum Gasteiger partial charge on any atom is 0.0579 e. The Hall–Kier alpha value is -0.300. The molecule has 0 aromatic rings. The molecule has 1 fully saturated rings. The fourth-order valence-electron chi connectivity index (χ4n) is 1.43. The van der Waals surface area contributed by atoms with Gasteiger partial charge in [0.05, 0.1) is 6.10 Å². The van der Waals surface area contributed by atoms with Gasteiger partial charge in [0.15, 0.2) is 0 Å². The second-order valence-electron chi connectivity index (χ2n) is 3.49. The minimum Gasteiger partial charge on any atom is -0.378 e. The van der Waals surface area contributed by atoms with Gasteiger partial charge in [-0.3, -0.25) is 0 Å². The van der Waals surface area contributed by atoms with Gasteiger partial charge in [-0.05, 0) is 39.5 Å². The van der Waals surface area contributed by atoms with Gasteiger partial charge < -0.3 is 4.74 Å². The van der Waals surface area contributed by atoms with E-state index in [9.17, 15) is 0 Å². The van der Waals surface area contributed by atoms with Crippen molar-refractivity contribution in [3.05, 3.63) is 11.6 Å². The van der Waals surface area contributed by atoms with Crippen LogP contribution in [0.5, 0.6) is 0 Å². The Kier molecular flexibility index (Phi) is 3.64. The molecule has 1 aliphatic rings. The first-order valence-corrected chi connectivity index (χ1v) is 4.54. The number of hydrogen-bond acceptors (Lipinski definition) is 1. The second kappa shape index (κ2) is 4.55. The zero-order valence-electron chi connectivity index (χ0n) is 7.60. The number of hydrogen-bond donors (Lipinski definition) is 0. The van der Waals surface area contributed by atoms with Gasteiger partial charge in [0.1, 0.15) is 0 Å². The molecular formula is C10H18O. The summed E-state index contributed by atoms with van der Waals surface area (Å²) >= 11 is 0. The Morgan fingerprint density at radius 1 is 1.55 bits per heavy atom. The monoisotopic (exact) mass is 154 g/mol. The van der Waals surface area contributed by atoms with Crippen molar-refractivity contribution in [1.82, 2.24) is 0 Å². The highest BCUT2D eigenvalue weighted by atomic mass is 16.5. The Labute approximate surface area is 69.4 Å². The van der Waals surface area contributed by atoms with E-state index < -0.39 is 0 Å². The molecule has 1 aliphatic heterocycles. The maximum atomic E-state index is 5.51. The van der Waals surface area contributed by atoms with Gasteiger partial charge in [-0.15, -0.1) is 0 Å². The highest BCUT2D eigenvalue weighted by Gasteiger charge is 2.13. The first-order valence-electron chi connectivity index (χ1n) is 4.54. The van der Waals surface area contributed by atoms with Crippen molar-refractivity contribution < 1.29 is 4.74 Å². The minimum absolute atomic E-state index is 0.561. The molecule has 0 aliphatic carbocycles. The van der Waals surface area contributed by atoms with Crippen molar-refractivity contribution in [3.63, 3.8) is 0 Å². The molecule has 0 saturated carbocycles. The lowest BCUT2D eigenvalue weighted by molar-refractivity contribution is 0.105. The largest absolute Gasteiger partial charge is 0.378 e. The van der Waals surface area contributed by atoms with Crippen molar-refractivity contribution in [3.8, 4) is 0 Å². The summed E-state index contributed by atoms with van der Waals surface area (Å²) in [5, 5.41) is 0. The minimum atomic E-state index is 0.561. The molecule has 0 amide bonds. The normalized spacial score (nSPS) is 23.6. The van der Waals surface area contributed by atoms with E-state index in [4.69, 9.17) is 4.74 Å². The predicted molar refractivity (Wildman–Crippen MR) is 47.6 cm³/mol. The molecule has 0 N–H and O–H groups in total. The second-order valence-corrected chi connectivity index (χ2v) is 3.49. The van der Waals surface area contributed by atoms with Crippen molar-refractivity contribution >= 4 is 0 Å². The van der Waals surface area contributed by atoms with Crippen LogP contribution < -0.4 is 0 Å². The fraction of sp³-hybridized carbons (Fsp3) is 0.800. The molecule has 0 aromatic heterocycles. The van der Waals surface area contributed by atoms with E-state index in [0.29, 0.717) is 6.10 Å². The molecule has 0 spiro atoms. The first kappa shape index (κ1) is 8.79. The van der Waals surface area contributed by atoms with Gasteiger partial charge in [0.25, 0.3) is 0 Å². The number of ether oxygens (including phenoxy) is 1. The summed E-state index contributed by atoms with van der Waals surface area (Å²) in [4.78, 5) is 0. The molecule has 0 aromatic carbocycles. The SMILES string of the molecule is CC(C)=CCCC1CCCO1. The Bertz CT molecular complexity index is 128. The van der Waals surface area contributed by atoms with Gasteiger partial charge in [-0.1, -0.05) is 11.6 Å². The van der Waals surface area contributed by atoms with Gasteiger partial charge in [-0.25, -0.2) is 0 Å². The van der Waals surface area contributed by atoms with Crippen LogP contribution in [0.1, 0.15) is 39.5 Å². The number of rotatable bonds is 3. The van der Waals surface area contributed by atoms with Gasteiger partial charge in [-0.2, -0.15) is 0 Å². The van der Waals surface area contributed by atoms with E-state index >= 15 is 0 Å². The number of allylic oxidation sites excluding steroid dienone is 2. The van der Waals surface area contributed by atoms with Crippen molar-refractivity contribution in [1.29, 1.82) is 0 Å². The highest BCUT2D eigenvalue weighted by Crippen LogP contribution is 2.17. The summed E-state index contributed by atoms with van der Waals surface area (Å²) in [6.07, 6.45) is 7.79. The van der Waals surface area contributed by atoms with Gasteiger partial charge >= 0.3 is 0 Å². The Balaban J connectivity index is 2.07. The molecule has 0 radical (unpaired) electrons. The molecule has 64 valence electrons. The molecule has 1 heterocycles. The average Bonchev–Trinajstić information content (AvgIpc) is 2.39.